The van der Waals surface area contributed by atoms with Crippen molar-refractivity contribution in [1.82, 2.24) is 15.5 Å². The van der Waals surface area contributed by atoms with Gasteiger partial charge in [0.2, 0.25) is 0 Å². The lowest BCUT2D eigenvalue weighted by molar-refractivity contribution is -0.00833. The van der Waals surface area contributed by atoms with Gasteiger partial charge in [0, 0.05) is 44.8 Å². The highest BCUT2D eigenvalue weighted by Gasteiger charge is 2.28. The second kappa shape index (κ2) is 9.10. The van der Waals surface area contributed by atoms with E-state index >= 15 is 0 Å². The molecule has 1 fully saturated rings. The second-order valence-electron chi connectivity index (χ2n) is 6.79. The van der Waals surface area contributed by atoms with Gasteiger partial charge in [-0.25, -0.2) is 8.78 Å². The van der Waals surface area contributed by atoms with E-state index in [9.17, 15) is 8.78 Å². The van der Waals surface area contributed by atoms with Gasteiger partial charge in [0.1, 0.15) is 11.6 Å². The number of hydrogen-bond donors (Lipinski definition) is 2. The number of nitrogens with zero attached hydrogens (tertiary/aromatic N) is 2. The van der Waals surface area contributed by atoms with Crippen molar-refractivity contribution in [2.45, 2.75) is 25.8 Å². The normalized spacial score (nSPS) is 16.8. The summed E-state index contributed by atoms with van der Waals surface area (Å²) < 4.78 is 31.8. The number of halogens is 2. The fourth-order valence-corrected chi connectivity index (χ4v) is 2.88. The van der Waals surface area contributed by atoms with Crippen LogP contribution in [0, 0.1) is 11.6 Å². The van der Waals surface area contributed by atoms with Crippen molar-refractivity contribution in [3.8, 4) is 0 Å². The maximum atomic E-state index is 13.2. The van der Waals surface area contributed by atoms with Gasteiger partial charge in [-0.15, -0.1) is 0 Å². The summed E-state index contributed by atoms with van der Waals surface area (Å²) in [5.74, 6) is -0.423. The van der Waals surface area contributed by atoms with Gasteiger partial charge >= 0.3 is 0 Å². The first-order valence-corrected chi connectivity index (χ1v) is 8.63. The van der Waals surface area contributed by atoms with Crippen LogP contribution in [-0.4, -0.2) is 62.8 Å². The predicted octanol–water partition coefficient (Wildman–Crippen LogP) is 1.78. The molecule has 0 atom stereocenters. The van der Waals surface area contributed by atoms with Gasteiger partial charge in [-0.1, -0.05) is 0 Å². The summed E-state index contributed by atoms with van der Waals surface area (Å²) in [4.78, 5) is 6.60. The van der Waals surface area contributed by atoms with E-state index < -0.39 is 11.6 Å². The van der Waals surface area contributed by atoms with Crippen molar-refractivity contribution in [2.75, 3.05) is 46.4 Å². The standard InChI is InChI=1S/C18H28F2N4O/c1-18(2,24-6-8-25-9-7-24)13-23-17(21-3)22-5-4-14-10-15(19)12-16(20)11-14/h10-12H,4-9,13H2,1-3H3,(H2,21,22,23). The zero-order valence-electron chi connectivity index (χ0n) is 15.2. The summed E-state index contributed by atoms with van der Waals surface area (Å²) in [5, 5.41) is 6.51. The van der Waals surface area contributed by atoms with Crippen LogP contribution in [0.1, 0.15) is 19.4 Å². The fourth-order valence-electron chi connectivity index (χ4n) is 2.88. The molecule has 0 amide bonds. The SMILES string of the molecule is CN=C(NCCc1cc(F)cc(F)c1)NCC(C)(C)N1CCOCC1. The average Bonchev–Trinajstić information content (AvgIpc) is 2.58. The maximum absolute atomic E-state index is 13.2. The van der Waals surface area contributed by atoms with Crippen molar-refractivity contribution < 1.29 is 13.5 Å². The first-order chi connectivity index (χ1) is 11.9. The molecule has 0 aliphatic carbocycles. The molecule has 140 valence electrons. The van der Waals surface area contributed by atoms with Gasteiger partial charge in [0.15, 0.2) is 5.96 Å². The number of morpholine rings is 1. The van der Waals surface area contributed by atoms with Crippen LogP contribution in [0.2, 0.25) is 0 Å². The molecule has 1 aliphatic rings. The van der Waals surface area contributed by atoms with Gasteiger partial charge in [-0.05, 0) is 38.0 Å². The predicted molar refractivity (Wildman–Crippen MR) is 95.9 cm³/mol. The molecular weight excluding hydrogens is 326 g/mol. The molecule has 2 rings (SSSR count). The van der Waals surface area contributed by atoms with E-state index in [1.807, 2.05) is 0 Å². The molecule has 1 aromatic carbocycles. The molecule has 0 saturated carbocycles. The molecule has 0 bridgehead atoms. The number of guanidine groups is 1. The average molecular weight is 354 g/mol. The minimum atomic E-state index is -0.551. The Bertz CT molecular complexity index is 566. The van der Waals surface area contributed by atoms with E-state index in [1.54, 1.807) is 7.05 Å². The molecule has 0 aromatic heterocycles. The van der Waals surface area contributed by atoms with Gasteiger partial charge in [-0.3, -0.25) is 9.89 Å². The third kappa shape index (κ3) is 6.25. The molecule has 1 saturated heterocycles. The summed E-state index contributed by atoms with van der Waals surface area (Å²) in [6.45, 7) is 9.03. The van der Waals surface area contributed by atoms with Gasteiger partial charge in [-0.2, -0.15) is 0 Å². The van der Waals surface area contributed by atoms with Crippen LogP contribution in [0.15, 0.2) is 23.2 Å². The lowest BCUT2D eigenvalue weighted by Crippen LogP contribution is -2.56. The van der Waals surface area contributed by atoms with Crippen LogP contribution in [-0.2, 0) is 11.2 Å². The first-order valence-electron chi connectivity index (χ1n) is 8.63. The minimum Gasteiger partial charge on any atom is -0.379 e. The molecule has 2 N–H and O–H groups in total. The zero-order valence-corrected chi connectivity index (χ0v) is 15.2. The molecular formula is C18H28F2N4O. The molecule has 1 aliphatic heterocycles. The minimum absolute atomic E-state index is 0.0207. The molecule has 0 unspecified atom stereocenters. The van der Waals surface area contributed by atoms with E-state index in [2.05, 4.69) is 34.4 Å². The highest BCUT2D eigenvalue weighted by Crippen LogP contribution is 2.15. The van der Waals surface area contributed by atoms with Crippen LogP contribution in [0.5, 0.6) is 0 Å². The monoisotopic (exact) mass is 354 g/mol. The van der Waals surface area contributed by atoms with Crippen LogP contribution < -0.4 is 10.6 Å². The number of hydrogen-bond acceptors (Lipinski definition) is 3. The molecule has 0 spiro atoms. The molecule has 1 heterocycles. The van der Waals surface area contributed by atoms with Gasteiger partial charge in [0.05, 0.1) is 13.2 Å². The Labute approximate surface area is 148 Å². The van der Waals surface area contributed by atoms with Crippen LogP contribution in [0.25, 0.3) is 0 Å². The fraction of sp³-hybridized carbons (Fsp3) is 0.611. The quantitative estimate of drug-likeness (QED) is 0.604. The molecule has 1 aromatic rings. The number of nitrogens with one attached hydrogen (secondary N) is 2. The smallest absolute Gasteiger partial charge is 0.191 e. The zero-order chi connectivity index (χ0) is 18.3. The van der Waals surface area contributed by atoms with E-state index in [-0.39, 0.29) is 5.54 Å². The Hall–Kier alpha value is -1.73. The maximum Gasteiger partial charge on any atom is 0.191 e. The van der Waals surface area contributed by atoms with E-state index in [0.29, 0.717) is 24.5 Å². The summed E-state index contributed by atoms with van der Waals surface area (Å²) >= 11 is 0. The summed E-state index contributed by atoms with van der Waals surface area (Å²) in [7, 11) is 1.71. The van der Waals surface area contributed by atoms with Crippen molar-refractivity contribution in [3.05, 3.63) is 35.4 Å². The Morgan fingerprint density at radius 1 is 1.16 bits per heavy atom. The number of benzene rings is 1. The highest BCUT2D eigenvalue weighted by molar-refractivity contribution is 5.79. The van der Waals surface area contributed by atoms with E-state index in [1.165, 1.54) is 12.1 Å². The Morgan fingerprint density at radius 2 is 1.80 bits per heavy atom. The number of aliphatic imine (C=N–C) groups is 1. The second-order valence-corrected chi connectivity index (χ2v) is 6.79. The highest BCUT2D eigenvalue weighted by atomic mass is 19.1. The third-order valence-electron chi connectivity index (χ3n) is 4.41. The van der Waals surface area contributed by atoms with Crippen molar-refractivity contribution >= 4 is 5.96 Å². The lowest BCUT2D eigenvalue weighted by atomic mass is 10.0. The Balaban J connectivity index is 1.78. The van der Waals surface area contributed by atoms with Crippen LogP contribution in [0.3, 0.4) is 0 Å². The largest absolute Gasteiger partial charge is 0.379 e. The molecule has 5 nitrogen and oxygen atoms in total. The van der Waals surface area contributed by atoms with Gasteiger partial charge < -0.3 is 15.4 Å². The molecule has 7 heteroatoms. The van der Waals surface area contributed by atoms with Crippen molar-refractivity contribution in [1.29, 1.82) is 0 Å². The van der Waals surface area contributed by atoms with Crippen molar-refractivity contribution in [3.63, 3.8) is 0 Å². The summed E-state index contributed by atoms with van der Waals surface area (Å²) in [5.41, 5.74) is 0.599. The number of rotatable bonds is 6. The van der Waals surface area contributed by atoms with E-state index in [0.717, 1.165) is 38.9 Å². The molecule has 25 heavy (non-hydrogen) atoms. The third-order valence-corrected chi connectivity index (χ3v) is 4.41. The topological polar surface area (TPSA) is 48.9 Å². The first kappa shape index (κ1) is 19.6. The lowest BCUT2D eigenvalue weighted by Gasteiger charge is -2.41. The Kier molecular flexibility index (Phi) is 7.13. The van der Waals surface area contributed by atoms with Crippen LogP contribution in [0.4, 0.5) is 8.78 Å². The van der Waals surface area contributed by atoms with Gasteiger partial charge in [0.25, 0.3) is 0 Å². The Morgan fingerprint density at radius 3 is 2.40 bits per heavy atom. The van der Waals surface area contributed by atoms with Crippen LogP contribution >= 0.6 is 0 Å². The summed E-state index contributed by atoms with van der Waals surface area (Å²) in [6, 6.07) is 3.58. The molecule has 0 radical (unpaired) electrons. The number of ether oxygens (including phenoxy) is 1. The van der Waals surface area contributed by atoms with E-state index in [4.69, 9.17) is 4.74 Å². The van der Waals surface area contributed by atoms with Crippen molar-refractivity contribution in [2.24, 2.45) is 4.99 Å². The summed E-state index contributed by atoms with van der Waals surface area (Å²) in [6.07, 6.45) is 0.516.